The summed E-state index contributed by atoms with van der Waals surface area (Å²) in [4.78, 5) is 12.4. The number of halogens is 1. The van der Waals surface area contributed by atoms with Crippen LogP contribution in [0.15, 0.2) is 28.9 Å². The Morgan fingerprint density at radius 1 is 1.32 bits per heavy atom. The molecule has 0 saturated carbocycles. The molecule has 118 valence electrons. The zero-order valence-electron chi connectivity index (χ0n) is 12.7. The second-order valence-corrected chi connectivity index (χ2v) is 5.35. The van der Waals surface area contributed by atoms with Crippen molar-refractivity contribution in [3.63, 3.8) is 0 Å². The lowest BCUT2D eigenvalue weighted by atomic mass is 10.1. The second-order valence-electron chi connectivity index (χ2n) is 4.50. The Hall–Kier alpha value is -2.02. The summed E-state index contributed by atoms with van der Waals surface area (Å²) in [6.45, 7) is 3.09. The average molecular weight is 368 g/mol. The quantitative estimate of drug-likeness (QED) is 0.851. The molecule has 2 rings (SSSR count). The van der Waals surface area contributed by atoms with Crippen LogP contribution in [0.3, 0.4) is 0 Å². The van der Waals surface area contributed by atoms with Gasteiger partial charge in [0, 0.05) is 12.7 Å². The number of ether oxygens (including phenoxy) is 2. The predicted octanol–water partition coefficient (Wildman–Crippen LogP) is 2.61. The molecule has 6 nitrogen and oxygen atoms in total. The summed E-state index contributed by atoms with van der Waals surface area (Å²) in [5, 5.41) is 7.21. The summed E-state index contributed by atoms with van der Waals surface area (Å²) in [7, 11) is 3.04. The number of hydrogen-bond acceptors (Lipinski definition) is 4. The lowest BCUT2D eigenvalue weighted by Crippen LogP contribution is -2.24. The van der Waals surface area contributed by atoms with Crippen LogP contribution in [0.4, 0.5) is 0 Å². The SMILES string of the molecule is CCn1cc(Br)c(CNC(=O)c2c(OC)cccc2OC)n1. The molecule has 1 N–H and O–H groups in total. The third kappa shape index (κ3) is 3.41. The van der Waals surface area contributed by atoms with Gasteiger partial charge in [-0.05, 0) is 35.0 Å². The highest BCUT2D eigenvalue weighted by molar-refractivity contribution is 9.10. The Morgan fingerprint density at radius 3 is 2.45 bits per heavy atom. The molecule has 1 aromatic heterocycles. The minimum absolute atomic E-state index is 0.271. The van der Waals surface area contributed by atoms with E-state index in [1.165, 1.54) is 14.2 Å². The number of benzene rings is 1. The van der Waals surface area contributed by atoms with Crippen LogP contribution >= 0.6 is 15.9 Å². The van der Waals surface area contributed by atoms with E-state index in [4.69, 9.17) is 9.47 Å². The standard InChI is InChI=1S/C15H18BrN3O3/c1-4-19-9-10(16)11(18-19)8-17-15(20)14-12(21-2)6-5-7-13(14)22-3/h5-7,9H,4,8H2,1-3H3,(H,17,20). The third-order valence-electron chi connectivity index (χ3n) is 3.18. The number of nitrogens with zero attached hydrogens (tertiary/aromatic N) is 2. The summed E-state index contributed by atoms with van der Waals surface area (Å²) in [6.07, 6.45) is 1.88. The molecule has 1 heterocycles. The minimum Gasteiger partial charge on any atom is -0.496 e. The van der Waals surface area contributed by atoms with Crippen molar-refractivity contribution in [1.82, 2.24) is 15.1 Å². The number of nitrogens with one attached hydrogen (secondary N) is 1. The first kappa shape index (κ1) is 16.4. The molecule has 0 aliphatic rings. The first-order valence-corrected chi connectivity index (χ1v) is 7.61. The molecule has 0 bridgehead atoms. The van der Waals surface area contributed by atoms with E-state index in [1.807, 2.05) is 13.1 Å². The van der Waals surface area contributed by atoms with Gasteiger partial charge in [0.05, 0.1) is 30.9 Å². The van der Waals surface area contributed by atoms with Crippen LogP contribution < -0.4 is 14.8 Å². The fourth-order valence-corrected chi connectivity index (χ4v) is 2.50. The summed E-state index contributed by atoms with van der Waals surface area (Å²) < 4.78 is 13.1. The fourth-order valence-electron chi connectivity index (χ4n) is 2.05. The molecular formula is C15H18BrN3O3. The monoisotopic (exact) mass is 367 g/mol. The molecule has 0 unspecified atom stereocenters. The van der Waals surface area contributed by atoms with Crippen molar-refractivity contribution >= 4 is 21.8 Å². The molecule has 0 spiro atoms. The van der Waals surface area contributed by atoms with Crippen molar-refractivity contribution in [2.24, 2.45) is 0 Å². The van der Waals surface area contributed by atoms with Crippen LogP contribution in [0.1, 0.15) is 23.0 Å². The number of hydrogen-bond donors (Lipinski definition) is 1. The third-order valence-corrected chi connectivity index (χ3v) is 3.84. The molecular weight excluding hydrogens is 350 g/mol. The Bertz CT molecular complexity index is 648. The van der Waals surface area contributed by atoms with Crippen molar-refractivity contribution in [3.8, 4) is 11.5 Å². The summed E-state index contributed by atoms with van der Waals surface area (Å²) in [5.74, 6) is 0.664. The van der Waals surface area contributed by atoms with Crippen molar-refractivity contribution in [2.75, 3.05) is 14.2 Å². The normalized spacial score (nSPS) is 10.4. The van der Waals surface area contributed by atoms with Gasteiger partial charge in [0.1, 0.15) is 17.1 Å². The van der Waals surface area contributed by atoms with E-state index < -0.39 is 0 Å². The van der Waals surface area contributed by atoms with Crippen molar-refractivity contribution in [2.45, 2.75) is 20.0 Å². The summed E-state index contributed by atoms with van der Waals surface area (Å²) >= 11 is 3.44. The van der Waals surface area contributed by atoms with Gasteiger partial charge in [-0.2, -0.15) is 5.10 Å². The number of rotatable bonds is 6. The molecule has 0 fully saturated rings. The maximum absolute atomic E-state index is 12.4. The number of aromatic nitrogens is 2. The van der Waals surface area contributed by atoms with E-state index >= 15 is 0 Å². The highest BCUT2D eigenvalue weighted by Crippen LogP contribution is 2.28. The molecule has 0 aliphatic carbocycles. The lowest BCUT2D eigenvalue weighted by molar-refractivity contribution is 0.0944. The van der Waals surface area contributed by atoms with Gasteiger partial charge < -0.3 is 14.8 Å². The number of amides is 1. The van der Waals surface area contributed by atoms with Crippen LogP contribution in [0.25, 0.3) is 0 Å². The largest absolute Gasteiger partial charge is 0.496 e. The van der Waals surface area contributed by atoms with Gasteiger partial charge >= 0.3 is 0 Å². The number of methoxy groups -OCH3 is 2. The first-order chi connectivity index (χ1) is 10.6. The van der Waals surface area contributed by atoms with Crippen molar-refractivity contribution in [1.29, 1.82) is 0 Å². The van der Waals surface area contributed by atoms with Crippen LogP contribution in [-0.2, 0) is 13.1 Å². The smallest absolute Gasteiger partial charge is 0.259 e. The van der Waals surface area contributed by atoms with Crippen LogP contribution in [0.2, 0.25) is 0 Å². The fraction of sp³-hybridized carbons (Fsp3) is 0.333. The molecule has 1 amide bonds. The Morgan fingerprint density at radius 2 is 1.95 bits per heavy atom. The molecule has 0 radical (unpaired) electrons. The number of carbonyl (C=O) groups is 1. The van der Waals surface area contributed by atoms with E-state index in [1.54, 1.807) is 22.9 Å². The maximum atomic E-state index is 12.4. The average Bonchev–Trinajstić information content (AvgIpc) is 2.91. The van der Waals surface area contributed by atoms with Crippen LogP contribution in [0, 0.1) is 0 Å². The molecule has 0 saturated heterocycles. The van der Waals surface area contributed by atoms with Gasteiger partial charge in [-0.1, -0.05) is 6.07 Å². The van der Waals surface area contributed by atoms with Gasteiger partial charge in [0.15, 0.2) is 0 Å². The molecule has 2 aromatic rings. The van der Waals surface area contributed by atoms with Gasteiger partial charge in [-0.3, -0.25) is 9.48 Å². The van der Waals surface area contributed by atoms with E-state index in [-0.39, 0.29) is 5.91 Å². The number of carbonyl (C=O) groups excluding carboxylic acids is 1. The van der Waals surface area contributed by atoms with E-state index in [9.17, 15) is 4.79 Å². The zero-order valence-corrected chi connectivity index (χ0v) is 14.3. The van der Waals surface area contributed by atoms with Crippen molar-refractivity contribution in [3.05, 3.63) is 40.1 Å². The topological polar surface area (TPSA) is 65.4 Å². The minimum atomic E-state index is -0.271. The van der Waals surface area contributed by atoms with Gasteiger partial charge in [-0.15, -0.1) is 0 Å². The highest BCUT2D eigenvalue weighted by atomic mass is 79.9. The van der Waals surface area contributed by atoms with E-state index in [0.717, 1.165) is 16.7 Å². The first-order valence-electron chi connectivity index (χ1n) is 6.81. The van der Waals surface area contributed by atoms with Gasteiger partial charge in [0.2, 0.25) is 0 Å². The van der Waals surface area contributed by atoms with E-state index in [2.05, 4.69) is 26.3 Å². The zero-order chi connectivity index (χ0) is 16.1. The Labute approximate surface area is 137 Å². The van der Waals surface area contributed by atoms with Crippen LogP contribution in [0.5, 0.6) is 11.5 Å². The lowest BCUT2D eigenvalue weighted by Gasteiger charge is -2.12. The second kappa shape index (κ2) is 7.31. The Kier molecular flexibility index (Phi) is 5.43. The van der Waals surface area contributed by atoms with Gasteiger partial charge in [0.25, 0.3) is 5.91 Å². The Balaban J connectivity index is 2.17. The molecule has 0 aliphatic heterocycles. The predicted molar refractivity (Wildman–Crippen MR) is 86.3 cm³/mol. The van der Waals surface area contributed by atoms with Crippen LogP contribution in [-0.4, -0.2) is 29.9 Å². The molecule has 22 heavy (non-hydrogen) atoms. The number of aryl methyl sites for hydroxylation is 1. The highest BCUT2D eigenvalue weighted by Gasteiger charge is 2.18. The summed E-state index contributed by atoms with van der Waals surface area (Å²) in [6, 6.07) is 5.21. The molecule has 1 aromatic carbocycles. The molecule has 7 heteroatoms. The summed E-state index contributed by atoms with van der Waals surface area (Å²) in [5.41, 5.74) is 1.14. The van der Waals surface area contributed by atoms with Crippen molar-refractivity contribution < 1.29 is 14.3 Å². The maximum Gasteiger partial charge on any atom is 0.259 e. The molecule has 0 atom stereocenters. The van der Waals surface area contributed by atoms with Gasteiger partial charge in [-0.25, -0.2) is 0 Å². The van der Waals surface area contributed by atoms with E-state index in [0.29, 0.717) is 23.6 Å².